The first-order valence-electron chi connectivity index (χ1n) is 7.18. The van der Waals surface area contributed by atoms with E-state index < -0.39 is 0 Å². The minimum absolute atomic E-state index is 0.208. The first-order valence-corrected chi connectivity index (χ1v) is 7.56. The fourth-order valence-electron chi connectivity index (χ4n) is 3.41. The molecule has 0 amide bonds. The molecular weight excluding hydrogens is 276 g/mol. The van der Waals surface area contributed by atoms with Crippen molar-refractivity contribution in [3.8, 4) is 11.5 Å². The molecule has 110 valence electrons. The Labute approximate surface area is 124 Å². The molecule has 1 aromatic rings. The number of benzene rings is 1. The third-order valence-corrected chi connectivity index (χ3v) is 4.63. The highest BCUT2D eigenvalue weighted by molar-refractivity contribution is 6.30. The number of phenolic OH excluding ortho intramolecular Hbond substituents is 1. The molecule has 4 nitrogen and oxygen atoms in total. The second kappa shape index (κ2) is 5.80. The highest BCUT2D eigenvalue weighted by Gasteiger charge is 2.34. The van der Waals surface area contributed by atoms with Crippen LogP contribution in [-0.2, 0) is 6.54 Å². The maximum absolute atomic E-state index is 10.2. The van der Waals surface area contributed by atoms with Crippen molar-refractivity contribution >= 4 is 11.6 Å². The van der Waals surface area contributed by atoms with E-state index in [4.69, 9.17) is 16.3 Å². The van der Waals surface area contributed by atoms with Crippen molar-refractivity contribution in [2.24, 2.45) is 5.92 Å². The highest BCUT2D eigenvalue weighted by Crippen LogP contribution is 2.35. The van der Waals surface area contributed by atoms with Gasteiger partial charge < -0.3 is 15.2 Å². The molecule has 2 saturated heterocycles. The number of ether oxygens (including phenoxy) is 1. The zero-order valence-electron chi connectivity index (χ0n) is 11.7. The topological polar surface area (TPSA) is 44.7 Å². The van der Waals surface area contributed by atoms with E-state index in [9.17, 15) is 5.11 Å². The molecule has 2 N–H and O–H groups in total. The smallest absolute Gasteiger partial charge is 0.162 e. The average Bonchev–Trinajstić information content (AvgIpc) is 2.84. The van der Waals surface area contributed by atoms with Crippen molar-refractivity contribution in [3.63, 3.8) is 0 Å². The number of aromatic hydroxyl groups is 1. The largest absolute Gasteiger partial charge is 0.504 e. The Balaban J connectivity index is 1.73. The monoisotopic (exact) mass is 296 g/mol. The van der Waals surface area contributed by atoms with Crippen LogP contribution in [0.3, 0.4) is 0 Å². The van der Waals surface area contributed by atoms with E-state index in [0.717, 1.165) is 37.7 Å². The number of methoxy groups -OCH3 is 1. The maximum atomic E-state index is 10.2. The van der Waals surface area contributed by atoms with E-state index in [-0.39, 0.29) is 5.75 Å². The zero-order valence-corrected chi connectivity index (χ0v) is 12.5. The molecule has 5 heteroatoms. The maximum Gasteiger partial charge on any atom is 0.162 e. The standard InChI is InChI=1S/C15H21ClN2O2/c1-20-14-6-12(16)5-11(15(14)19)8-18-7-10-3-2-4-17-13(10)9-18/h5-6,10,13,17,19H,2-4,7-9H2,1H3/t10-,13+/m0/s1. The van der Waals surface area contributed by atoms with Crippen molar-refractivity contribution in [1.29, 1.82) is 0 Å². The molecule has 0 aromatic heterocycles. The molecule has 2 aliphatic heterocycles. The summed E-state index contributed by atoms with van der Waals surface area (Å²) in [5, 5.41) is 14.4. The predicted molar refractivity (Wildman–Crippen MR) is 79.5 cm³/mol. The van der Waals surface area contributed by atoms with Crippen LogP contribution in [-0.4, -0.2) is 42.8 Å². The summed E-state index contributed by atoms with van der Waals surface area (Å²) in [6.07, 6.45) is 2.57. The van der Waals surface area contributed by atoms with Crippen LogP contribution >= 0.6 is 11.6 Å². The van der Waals surface area contributed by atoms with Crippen molar-refractivity contribution in [2.75, 3.05) is 26.7 Å². The molecule has 20 heavy (non-hydrogen) atoms. The summed E-state index contributed by atoms with van der Waals surface area (Å²) in [4.78, 5) is 2.39. The Morgan fingerprint density at radius 3 is 3.05 bits per heavy atom. The average molecular weight is 297 g/mol. The Morgan fingerprint density at radius 2 is 2.30 bits per heavy atom. The minimum Gasteiger partial charge on any atom is -0.504 e. The number of hydrogen-bond acceptors (Lipinski definition) is 4. The van der Waals surface area contributed by atoms with Gasteiger partial charge in [-0.2, -0.15) is 0 Å². The lowest BCUT2D eigenvalue weighted by Crippen LogP contribution is -2.40. The third kappa shape index (κ3) is 2.73. The van der Waals surface area contributed by atoms with E-state index in [1.165, 1.54) is 12.8 Å². The van der Waals surface area contributed by atoms with Crippen LogP contribution in [0.5, 0.6) is 11.5 Å². The van der Waals surface area contributed by atoms with E-state index in [2.05, 4.69) is 10.2 Å². The lowest BCUT2D eigenvalue weighted by atomic mass is 9.94. The normalized spacial score (nSPS) is 26.5. The Morgan fingerprint density at radius 1 is 1.45 bits per heavy atom. The zero-order chi connectivity index (χ0) is 14.1. The summed E-state index contributed by atoms with van der Waals surface area (Å²) in [5.74, 6) is 1.40. The number of fused-ring (bicyclic) bond motifs is 1. The van der Waals surface area contributed by atoms with Crippen LogP contribution < -0.4 is 10.1 Å². The van der Waals surface area contributed by atoms with Crippen LogP contribution in [0.25, 0.3) is 0 Å². The van der Waals surface area contributed by atoms with Crippen molar-refractivity contribution in [1.82, 2.24) is 10.2 Å². The van der Waals surface area contributed by atoms with Crippen molar-refractivity contribution in [2.45, 2.75) is 25.4 Å². The minimum atomic E-state index is 0.208. The second-order valence-corrected chi connectivity index (χ2v) is 6.21. The van der Waals surface area contributed by atoms with Gasteiger partial charge in [0.1, 0.15) is 0 Å². The van der Waals surface area contributed by atoms with Gasteiger partial charge in [-0.05, 0) is 31.4 Å². The Bertz CT molecular complexity index is 481. The number of nitrogens with zero attached hydrogens (tertiary/aromatic N) is 1. The molecule has 1 aromatic carbocycles. The fourth-order valence-corrected chi connectivity index (χ4v) is 3.64. The van der Waals surface area contributed by atoms with Gasteiger partial charge in [-0.15, -0.1) is 0 Å². The summed E-state index contributed by atoms with van der Waals surface area (Å²) in [5.41, 5.74) is 0.841. The van der Waals surface area contributed by atoms with Crippen LogP contribution in [0.1, 0.15) is 18.4 Å². The van der Waals surface area contributed by atoms with Crippen LogP contribution in [0.2, 0.25) is 5.02 Å². The number of piperidine rings is 1. The first-order chi connectivity index (χ1) is 9.67. The number of likely N-dealkylation sites (tertiary alicyclic amines) is 1. The van der Waals surface area contributed by atoms with E-state index >= 15 is 0 Å². The molecule has 2 fully saturated rings. The summed E-state index contributed by atoms with van der Waals surface area (Å²) in [6.45, 7) is 3.98. The molecule has 3 rings (SSSR count). The molecular formula is C15H21ClN2O2. The van der Waals surface area contributed by atoms with Gasteiger partial charge in [-0.1, -0.05) is 11.6 Å². The van der Waals surface area contributed by atoms with Crippen molar-refractivity contribution < 1.29 is 9.84 Å². The molecule has 2 atom stereocenters. The van der Waals surface area contributed by atoms with Gasteiger partial charge in [0.05, 0.1) is 7.11 Å². The van der Waals surface area contributed by atoms with E-state index in [1.807, 2.05) is 6.07 Å². The van der Waals surface area contributed by atoms with Gasteiger partial charge in [-0.3, -0.25) is 4.90 Å². The van der Waals surface area contributed by atoms with Gasteiger partial charge in [-0.25, -0.2) is 0 Å². The van der Waals surface area contributed by atoms with Crippen LogP contribution in [0, 0.1) is 5.92 Å². The number of halogens is 1. The Kier molecular flexibility index (Phi) is 4.06. The van der Waals surface area contributed by atoms with Gasteiger partial charge in [0, 0.05) is 42.3 Å². The van der Waals surface area contributed by atoms with Crippen LogP contribution in [0.15, 0.2) is 12.1 Å². The summed E-state index contributed by atoms with van der Waals surface area (Å²) < 4.78 is 5.16. The summed E-state index contributed by atoms with van der Waals surface area (Å²) in [6, 6.07) is 4.08. The molecule has 0 saturated carbocycles. The molecule has 0 aliphatic carbocycles. The summed E-state index contributed by atoms with van der Waals surface area (Å²) >= 11 is 6.09. The van der Waals surface area contributed by atoms with Gasteiger partial charge in [0.25, 0.3) is 0 Å². The predicted octanol–water partition coefficient (Wildman–Crippen LogP) is 2.24. The molecule has 2 aliphatic rings. The molecule has 0 spiro atoms. The quantitative estimate of drug-likeness (QED) is 0.898. The molecule has 2 heterocycles. The lowest BCUT2D eigenvalue weighted by Gasteiger charge is -2.24. The molecule has 0 radical (unpaired) electrons. The molecule has 0 bridgehead atoms. The number of nitrogens with one attached hydrogen (secondary N) is 1. The SMILES string of the molecule is COc1cc(Cl)cc(CN2C[C@@H]3CCCN[C@@H]3C2)c1O. The van der Waals surface area contributed by atoms with E-state index in [0.29, 0.717) is 16.8 Å². The second-order valence-electron chi connectivity index (χ2n) is 5.77. The van der Waals surface area contributed by atoms with Gasteiger partial charge in [0.2, 0.25) is 0 Å². The fraction of sp³-hybridized carbons (Fsp3) is 0.600. The lowest BCUT2D eigenvalue weighted by molar-refractivity contribution is 0.303. The number of phenols is 1. The van der Waals surface area contributed by atoms with E-state index in [1.54, 1.807) is 13.2 Å². The first kappa shape index (κ1) is 14.0. The third-order valence-electron chi connectivity index (χ3n) is 4.41. The number of rotatable bonds is 3. The molecule has 0 unspecified atom stereocenters. The number of hydrogen-bond donors (Lipinski definition) is 2. The van der Waals surface area contributed by atoms with Crippen LogP contribution in [0.4, 0.5) is 0 Å². The van der Waals surface area contributed by atoms with Crippen molar-refractivity contribution in [3.05, 3.63) is 22.7 Å². The Hall–Kier alpha value is -0.970. The summed E-state index contributed by atoms with van der Waals surface area (Å²) in [7, 11) is 1.55. The van der Waals surface area contributed by atoms with Gasteiger partial charge in [0.15, 0.2) is 11.5 Å². The highest BCUT2D eigenvalue weighted by atomic mass is 35.5. The van der Waals surface area contributed by atoms with Gasteiger partial charge >= 0.3 is 0 Å².